The summed E-state index contributed by atoms with van der Waals surface area (Å²) in [7, 11) is 0. The molecule has 0 saturated heterocycles. The third-order valence-corrected chi connectivity index (χ3v) is 6.12. The van der Waals surface area contributed by atoms with Gasteiger partial charge in [0.2, 0.25) is 0 Å². The number of carbonyl (C=O) groups is 2. The van der Waals surface area contributed by atoms with E-state index in [-0.39, 0.29) is 13.2 Å². The standard InChI is InChI=1S/C20H18Cl2N2O3S/c1-4-27-16(25)10-24-18-15(8-7-14(21)17(18)22)28-20(24)23-19(26)13-6-5-11(2)12(3)9-13/h5-9H,4,10H2,1-3H3. The average Bonchev–Trinajstić information content (AvgIpc) is 2.98. The molecule has 28 heavy (non-hydrogen) atoms. The number of thiazole rings is 1. The number of amides is 1. The van der Waals surface area contributed by atoms with Crippen LogP contribution in [0.4, 0.5) is 0 Å². The van der Waals surface area contributed by atoms with Crippen molar-refractivity contribution in [1.29, 1.82) is 0 Å². The molecule has 1 heterocycles. The fourth-order valence-corrected chi connectivity index (χ4v) is 4.21. The van der Waals surface area contributed by atoms with Gasteiger partial charge in [-0.1, -0.05) is 40.6 Å². The molecule has 0 saturated carbocycles. The van der Waals surface area contributed by atoms with Gasteiger partial charge in [0.25, 0.3) is 5.91 Å². The van der Waals surface area contributed by atoms with Crippen molar-refractivity contribution in [1.82, 2.24) is 4.57 Å². The molecule has 0 aliphatic carbocycles. The number of ether oxygens (including phenoxy) is 1. The molecule has 1 aromatic heterocycles. The molecule has 0 aliphatic rings. The molecule has 0 aliphatic heterocycles. The van der Waals surface area contributed by atoms with E-state index in [1.54, 1.807) is 35.8 Å². The van der Waals surface area contributed by atoms with Crippen LogP contribution < -0.4 is 4.80 Å². The van der Waals surface area contributed by atoms with E-state index in [1.165, 1.54) is 11.3 Å². The number of halogens is 2. The first-order valence-corrected chi connectivity index (χ1v) is 10.2. The summed E-state index contributed by atoms with van der Waals surface area (Å²) >= 11 is 13.8. The van der Waals surface area contributed by atoms with Crippen LogP contribution in [-0.4, -0.2) is 23.1 Å². The Morgan fingerprint density at radius 2 is 1.89 bits per heavy atom. The molecular formula is C20H18Cl2N2O3S. The summed E-state index contributed by atoms with van der Waals surface area (Å²) in [5.74, 6) is -0.840. The zero-order valence-electron chi connectivity index (χ0n) is 15.6. The smallest absolute Gasteiger partial charge is 0.326 e. The van der Waals surface area contributed by atoms with E-state index in [0.29, 0.717) is 25.9 Å². The Hall–Kier alpha value is -2.15. The summed E-state index contributed by atoms with van der Waals surface area (Å²) in [6.45, 7) is 5.78. The van der Waals surface area contributed by atoms with Gasteiger partial charge in [-0.15, -0.1) is 0 Å². The number of aryl methyl sites for hydroxylation is 2. The topological polar surface area (TPSA) is 60.7 Å². The number of hydrogen-bond donors (Lipinski definition) is 0. The molecule has 2 aromatic carbocycles. The van der Waals surface area contributed by atoms with Crippen molar-refractivity contribution in [2.45, 2.75) is 27.3 Å². The molecule has 0 unspecified atom stereocenters. The molecule has 0 fully saturated rings. The van der Waals surface area contributed by atoms with Crippen LogP contribution in [0, 0.1) is 13.8 Å². The first-order valence-electron chi connectivity index (χ1n) is 8.61. The van der Waals surface area contributed by atoms with E-state index < -0.39 is 11.9 Å². The highest BCUT2D eigenvalue weighted by Crippen LogP contribution is 2.32. The number of fused-ring (bicyclic) bond motifs is 1. The minimum atomic E-state index is -0.446. The van der Waals surface area contributed by atoms with Crippen molar-refractivity contribution in [2.75, 3.05) is 6.61 Å². The fourth-order valence-electron chi connectivity index (χ4n) is 2.70. The van der Waals surface area contributed by atoms with Gasteiger partial charge in [-0.3, -0.25) is 9.59 Å². The summed E-state index contributed by atoms with van der Waals surface area (Å²) in [4.78, 5) is 29.4. The van der Waals surface area contributed by atoms with Crippen LogP contribution in [-0.2, 0) is 16.1 Å². The Morgan fingerprint density at radius 3 is 2.57 bits per heavy atom. The van der Waals surface area contributed by atoms with Crippen LogP contribution in [0.15, 0.2) is 35.3 Å². The normalized spacial score (nSPS) is 11.8. The number of esters is 1. The minimum Gasteiger partial charge on any atom is -0.465 e. The lowest BCUT2D eigenvalue weighted by Crippen LogP contribution is -2.23. The summed E-state index contributed by atoms with van der Waals surface area (Å²) < 4.78 is 7.39. The van der Waals surface area contributed by atoms with Crippen molar-refractivity contribution in [3.05, 3.63) is 61.9 Å². The number of carbonyl (C=O) groups excluding carboxylic acids is 2. The lowest BCUT2D eigenvalue weighted by Gasteiger charge is -2.07. The summed E-state index contributed by atoms with van der Waals surface area (Å²) in [5.41, 5.74) is 3.13. The molecule has 0 N–H and O–H groups in total. The van der Waals surface area contributed by atoms with E-state index in [1.807, 2.05) is 19.9 Å². The summed E-state index contributed by atoms with van der Waals surface area (Å²) in [6.07, 6.45) is 0. The molecule has 3 aromatic rings. The second-order valence-electron chi connectivity index (χ2n) is 6.20. The van der Waals surface area contributed by atoms with E-state index >= 15 is 0 Å². The van der Waals surface area contributed by atoms with Crippen LogP contribution in [0.3, 0.4) is 0 Å². The fraction of sp³-hybridized carbons (Fsp3) is 0.250. The third kappa shape index (κ3) is 4.14. The lowest BCUT2D eigenvalue weighted by atomic mass is 10.1. The Bertz CT molecular complexity index is 1150. The first kappa shape index (κ1) is 20.6. The maximum Gasteiger partial charge on any atom is 0.326 e. The molecule has 5 nitrogen and oxygen atoms in total. The molecule has 0 radical (unpaired) electrons. The predicted molar refractivity (Wildman–Crippen MR) is 112 cm³/mol. The van der Waals surface area contributed by atoms with Gasteiger partial charge in [-0.05, 0) is 56.2 Å². The average molecular weight is 437 g/mol. The lowest BCUT2D eigenvalue weighted by molar-refractivity contribution is -0.143. The zero-order valence-corrected chi connectivity index (χ0v) is 17.9. The van der Waals surface area contributed by atoms with E-state index in [4.69, 9.17) is 27.9 Å². The van der Waals surface area contributed by atoms with Crippen LogP contribution in [0.25, 0.3) is 10.2 Å². The Kier molecular flexibility index (Phi) is 6.23. The molecule has 146 valence electrons. The number of rotatable bonds is 4. The van der Waals surface area contributed by atoms with Crippen molar-refractivity contribution in [2.24, 2.45) is 4.99 Å². The van der Waals surface area contributed by atoms with Gasteiger partial charge in [0.1, 0.15) is 6.54 Å². The van der Waals surface area contributed by atoms with Crippen LogP contribution in [0.1, 0.15) is 28.4 Å². The molecule has 0 bridgehead atoms. The zero-order chi connectivity index (χ0) is 20.4. The highest BCUT2D eigenvalue weighted by molar-refractivity contribution is 7.16. The van der Waals surface area contributed by atoms with E-state index in [2.05, 4.69) is 4.99 Å². The highest BCUT2D eigenvalue weighted by Gasteiger charge is 2.17. The largest absolute Gasteiger partial charge is 0.465 e. The Labute approximate surface area is 176 Å². The molecule has 0 atom stereocenters. The van der Waals surface area contributed by atoms with Crippen LogP contribution in [0.5, 0.6) is 0 Å². The maximum atomic E-state index is 12.7. The predicted octanol–water partition coefficient (Wildman–Crippen LogP) is 4.93. The number of nitrogens with zero attached hydrogens (tertiary/aromatic N) is 2. The van der Waals surface area contributed by atoms with Gasteiger partial charge < -0.3 is 9.30 Å². The molecular weight excluding hydrogens is 419 g/mol. The van der Waals surface area contributed by atoms with Gasteiger partial charge in [0.15, 0.2) is 4.80 Å². The van der Waals surface area contributed by atoms with Crippen molar-refractivity contribution < 1.29 is 14.3 Å². The summed E-state index contributed by atoms with van der Waals surface area (Å²) in [6, 6.07) is 8.88. The number of benzene rings is 2. The summed E-state index contributed by atoms with van der Waals surface area (Å²) in [5, 5.41) is 0.663. The van der Waals surface area contributed by atoms with Crippen LogP contribution >= 0.6 is 34.5 Å². The van der Waals surface area contributed by atoms with Crippen molar-refractivity contribution in [3.63, 3.8) is 0 Å². The van der Waals surface area contributed by atoms with Crippen LogP contribution in [0.2, 0.25) is 10.0 Å². The Morgan fingerprint density at radius 1 is 1.14 bits per heavy atom. The van der Waals surface area contributed by atoms with Gasteiger partial charge in [0, 0.05) is 5.56 Å². The van der Waals surface area contributed by atoms with Gasteiger partial charge in [-0.25, -0.2) is 0 Å². The minimum absolute atomic E-state index is 0.118. The van der Waals surface area contributed by atoms with E-state index in [0.717, 1.165) is 15.8 Å². The second kappa shape index (κ2) is 8.47. The number of hydrogen-bond acceptors (Lipinski definition) is 4. The van der Waals surface area contributed by atoms with Gasteiger partial charge in [0.05, 0.1) is 26.9 Å². The number of aromatic nitrogens is 1. The van der Waals surface area contributed by atoms with E-state index in [9.17, 15) is 9.59 Å². The SMILES string of the molecule is CCOC(=O)Cn1c(=NC(=O)c2ccc(C)c(C)c2)sc2ccc(Cl)c(Cl)c21. The van der Waals surface area contributed by atoms with Gasteiger partial charge in [-0.2, -0.15) is 4.99 Å². The molecule has 0 spiro atoms. The highest BCUT2D eigenvalue weighted by atomic mass is 35.5. The van der Waals surface area contributed by atoms with Crippen molar-refractivity contribution >= 4 is 56.6 Å². The molecule has 3 rings (SSSR count). The van der Waals surface area contributed by atoms with Crippen molar-refractivity contribution in [3.8, 4) is 0 Å². The van der Waals surface area contributed by atoms with Gasteiger partial charge >= 0.3 is 5.97 Å². The third-order valence-electron chi connectivity index (χ3n) is 4.28. The first-order chi connectivity index (χ1) is 13.3. The molecule has 8 heteroatoms. The Balaban J connectivity index is 2.17. The second-order valence-corrected chi connectivity index (χ2v) is 7.99. The molecule has 1 amide bonds. The maximum absolute atomic E-state index is 12.7. The monoisotopic (exact) mass is 436 g/mol. The quantitative estimate of drug-likeness (QED) is 0.544.